The van der Waals surface area contributed by atoms with Crippen LogP contribution in [0.2, 0.25) is 0 Å². The van der Waals surface area contributed by atoms with Crippen molar-refractivity contribution in [2.45, 2.75) is 26.3 Å². The van der Waals surface area contributed by atoms with E-state index in [1.54, 1.807) is 0 Å². The van der Waals surface area contributed by atoms with E-state index in [9.17, 15) is 4.79 Å². The lowest BCUT2D eigenvalue weighted by atomic mass is 10.3. The van der Waals surface area contributed by atoms with Gasteiger partial charge >= 0.3 is 0 Å². The topological polar surface area (TPSA) is 55.1 Å². The Labute approximate surface area is 93.7 Å². The van der Waals surface area contributed by atoms with Gasteiger partial charge in [-0.3, -0.25) is 4.79 Å². The number of nitrogens with zero attached hydrogens (tertiary/aromatic N) is 1. The average molecular weight is 218 g/mol. The van der Waals surface area contributed by atoms with Gasteiger partial charge in [-0.1, -0.05) is 19.1 Å². The Morgan fingerprint density at radius 1 is 1.50 bits per heavy atom. The van der Waals surface area contributed by atoms with E-state index in [-0.39, 0.29) is 11.9 Å². The molecule has 1 amide bonds. The zero-order valence-electron chi connectivity index (χ0n) is 9.36. The molecule has 1 atom stereocenters. The van der Waals surface area contributed by atoms with Crippen LogP contribution in [0.4, 0.5) is 0 Å². The number of carbonyl (C=O) groups is 1. The van der Waals surface area contributed by atoms with Gasteiger partial charge in [0.1, 0.15) is 11.6 Å². The van der Waals surface area contributed by atoms with Crippen LogP contribution in [0.5, 0.6) is 0 Å². The van der Waals surface area contributed by atoms with Crippen molar-refractivity contribution in [3.63, 3.8) is 0 Å². The number of hydrogen-bond donors (Lipinski definition) is 1. The standard InChI is InChI=1S/C12H14N2O2/c1-3-11(15)13-8(2)12-14-9-6-4-5-7-10(9)16-12/h4-8H,3H2,1-2H3,(H,13,15). The SMILES string of the molecule is CCC(=O)NC(C)c1nc2ccccc2o1. The molecule has 0 bridgehead atoms. The molecule has 0 aliphatic carbocycles. The Balaban J connectivity index is 2.23. The number of benzene rings is 1. The first-order valence-electron chi connectivity index (χ1n) is 5.35. The number of amides is 1. The van der Waals surface area contributed by atoms with Crippen molar-refractivity contribution in [1.29, 1.82) is 0 Å². The Morgan fingerprint density at radius 3 is 2.94 bits per heavy atom. The quantitative estimate of drug-likeness (QED) is 0.860. The molecule has 0 spiro atoms. The first-order chi connectivity index (χ1) is 7.70. The number of fused-ring (bicyclic) bond motifs is 1. The van der Waals surface area contributed by atoms with E-state index in [2.05, 4.69) is 10.3 Å². The number of oxazole rings is 1. The van der Waals surface area contributed by atoms with Crippen molar-refractivity contribution < 1.29 is 9.21 Å². The molecule has 4 heteroatoms. The predicted octanol–water partition coefficient (Wildman–Crippen LogP) is 2.42. The van der Waals surface area contributed by atoms with Gasteiger partial charge in [0, 0.05) is 6.42 Å². The molecule has 4 nitrogen and oxygen atoms in total. The lowest BCUT2D eigenvalue weighted by molar-refractivity contribution is -0.121. The maximum absolute atomic E-state index is 11.2. The molecule has 0 fully saturated rings. The van der Waals surface area contributed by atoms with Crippen LogP contribution in [0.1, 0.15) is 32.2 Å². The monoisotopic (exact) mass is 218 g/mol. The van der Waals surface area contributed by atoms with E-state index in [0.717, 1.165) is 11.1 Å². The fraction of sp³-hybridized carbons (Fsp3) is 0.333. The Morgan fingerprint density at radius 2 is 2.25 bits per heavy atom. The minimum absolute atomic E-state index is 0.00486. The van der Waals surface area contributed by atoms with E-state index in [1.807, 2.05) is 38.1 Å². The van der Waals surface area contributed by atoms with Gasteiger partial charge in [-0.05, 0) is 19.1 Å². The minimum Gasteiger partial charge on any atom is -0.438 e. The fourth-order valence-corrected chi connectivity index (χ4v) is 1.48. The third kappa shape index (κ3) is 2.05. The van der Waals surface area contributed by atoms with Gasteiger partial charge < -0.3 is 9.73 Å². The third-order valence-corrected chi connectivity index (χ3v) is 2.38. The summed E-state index contributed by atoms with van der Waals surface area (Å²) in [5.74, 6) is 0.540. The molecule has 16 heavy (non-hydrogen) atoms. The predicted molar refractivity (Wildman–Crippen MR) is 60.9 cm³/mol. The molecule has 0 aliphatic rings. The summed E-state index contributed by atoms with van der Waals surface area (Å²) in [7, 11) is 0. The first-order valence-corrected chi connectivity index (χ1v) is 5.35. The number of hydrogen-bond acceptors (Lipinski definition) is 3. The maximum atomic E-state index is 11.2. The van der Waals surface area contributed by atoms with Gasteiger partial charge in [0.05, 0.1) is 0 Å². The highest BCUT2D eigenvalue weighted by Crippen LogP contribution is 2.19. The summed E-state index contributed by atoms with van der Waals surface area (Å²) >= 11 is 0. The second kappa shape index (κ2) is 4.35. The van der Waals surface area contributed by atoms with Crippen molar-refractivity contribution in [1.82, 2.24) is 10.3 Å². The Bertz CT molecular complexity index is 471. The number of para-hydroxylation sites is 2. The second-order valence-electron chi connectivity index (χ2n) is 3.66. The molecule has 0 radical (unpaired) electrons. The Hall–Kier alpha value is -1.84. The molecule has 0 saturated heterocycles. The lowest BCUT2D eigenvalue weighted by Crippen LogP contribution is -2.25. The highest BCUT2D eigenvalue weighted by Gasteiger charge is 2.14. The van der Waals surface area contributed by atoms with Crippen LogP contribution in [-0.2, 0) is 4.79 Å². The van der Waals surface area contributed by atoms with Crippen molar-refractivity contribution in [2.75, 3.05) is 0 Å². The van der Waals surface area contributed by atoms with E-state index in [0.29, 0.717) is 12.3 Å². The van der Waals surface area contributed by atoms with Crippen molar-refractivity contribution >= 4 is 17.0 Å². The van der Waals surface area contributed by atoms with Crippen LogP contribution in [0.25, 0.3) is 11.1 Å². The second-order valence-corrected chi connectivity index (χ2v) is 3.66. The molecule has 1 unspecified atom stereocenters. The molecule has 1 aromatic carbocycles. The number of rotatable bonds is 3. The van der Waals surface area contributed by atoms with E-state index >= 15 is 0 Å². The van der Waals surface area contributed by atoms with Crippen molar-refractivity contribution in [3.05, 3.63) is 30.2 Å². The number of carbonyl (C=O) groups excluding carboxylic acids is 1. The summed E-state index contributed by atoms with van der Waals surface area (Å²) in [4.78, 5) is 15.5. The van der Waals surface area contributed by atoms with E-state index in [1.165, 1.54) is 0 Å². The summed E-state index contributed by atoms with van der Waals surface area (Å²) in [5, 5.41) is 2.81. The van der Waals surface area contributed by atoms with Crippen LogP contribution in [0, 0.1) is 0 Å². The van der Waals surface area contributed by atoms with Gasteiger partial charge in [-0.15, -0.1) is 0 Å². The molecular formula is C12H14N2O2. The van der Waals surface area contributed by atoms with Crippen LogP contribution in [-0.4, -0.2) is 10.9 Å². The zero-order chi connectivity index (χ0) is 11.5. The number of aromatic nitrogens is 1. The smallest absolute Gasteiger partial charge is 0.220 e. The lowest BCUT2D eigenvalue weighted by Gasteiger charge is -2.08. The van der Waals surface area contributed by atoms with E-state index < -0.39 is 0 Å². The van der Waals surface area contributed by atoms with Crippen molar-refractivity contribution in [2.24, 2.45) is 0 Å². The highest BCUT2D eigenvalue weighted by atomic mass is 16.3. The van der Waals surface area contributed by atoms with Crippen LogP contribution in [0.15, 0.2) is 28.7 Å². The third-order valence-electron chi connectivity index (χ3n) is 2.38. The Kier molecular flexibility index (Phi) is 2.90. The van der Waals surface area contributed by atoms with Gasteiger partial charge in [0.25, 0.3) is 0 Å². The average Bonchev–Trinajstić information content (AvgIpc) is 2.72. The van der Waals surface area contributed by atoms with Crippen LogP contribution >= 0.6 is 0 Å². The van der Waals surface area contributed by atoms with Crippen molar-refractivity contribution in [3.8, 4) is 0 Å². The summed E-state index contributed by atoms with van der Waals surface area (Å²) in [5.41, 5.74) is 1.56. The first kappa shape index (κ1) is 10.7. The summed E-state index contributed by atoms with van der Waals surface area (Å²) in [6.45, 7) is 3.67. The molecule has 1 aromatic heterocycles. The largest absolute Gasteiger partial charge is 0.438 e. The fourth-order valence-electron chi connectivity index (χ4n) is 1.48. The molecule has 0 saturated carbocycles. The molecule has 2 aromatic rings. The maximum Gasteiger partial charge on any atom is 0.220 e. The molecule has 1 N–H and O–H groups in total. The van der Waals surface area contributed by atoms with Crippen LogP contribution < -0.4 is 5.32 Å². The van der Waals surface area contributed by atoms with Crippen LogP contribution in [0.3, 0.4) is 0 Å². The summed E-state index contributed by atoms with van der Waals surface area (Å²) in [6, 6.07) is 7.35. The zero-order valence-corrected chi connectivity index (χ0v) is 9.36. The molecule has 1 heterocycles. The molecule has 2 rings (SSSR count). The van der Waals surface area contributed by atoms with Gasteiger partial charge in [-0.25, -0.2) is 4.98 Å². The molecule has 84 valence electrons. The van der Waals surface area contributed by atoms with Gasteiger partial charge in [0.15, 0.2) is 5.58 Å². The molecule has 0 aliphatic heterocycles. The highest BCUT2D eigenvalue weighted by molar-refractivity contribution is 5.76. The van der Waals surface area contributed by atoms with E-state index in [4.69, 9.17) is 4.42 Å². The number of nitrogens with one attached hydrogen (secondary N) is 1. The minimum atomic E-state index is -0.195. The molecular weight excluding hydrogens is 204 g/mol. The van der Waals surface area contributed by atoms with Gasteiger partial charge in [-0.2, -0.15) is 0 Å². The normalized spacial score (nSPS) is 12.6. The summed E-state index contributed by atoms with van der Waals surface area (Å²) in [6.07, 6.45) is 0.463. The summed E-state index contributed by atoms with van der Waals surface area (Å²) < 4.78 is 5.55. The van der Waals surface area contributed by atoms with Gasteiger partial charge in [0.2, 0.25) is 11.8 Å².